The summed E-state index contributed by atoms with van der Waals surface area (Å²) in [4.78, 5) is 14.4. The van der Waals surface area contributed by atoms with Gasteiger partial charge in [-0.25, -0.2) is 0 Å². The van der Waals surface area contributed by atoms with Gasteiger partial charge in [0.1, 0.15) is 0 Å². The Morgan fingerprint density at radius 2 is 2.25 bits per heavy atom. The molecule has 7 nitrogen and oxygen atoms in total. The van der Waals surface area contributed by atoms with Crippen LogP contribution in [0.15, 0.2) is 18.2 Å². The number of para-hydroxylation sites is 1. The second kappa shape index (κ2) is 9.46. The number of nitrogens with two attached hydrogens (primary N) is 1. The highest BCUT2D eigenvalue weighted by atomic mass is 16.6. The Morgan fingerprint density at radius 1 is 1.42 bits per heavy atom. The third-order valence-electron chi connectivity index (χ3n) is 3.73. The molecule has 1 aromatic carbocycles. The third-order valence-corrected chi connectivity index (χ3v) is 3.73. The molecule has 1 saturated heterocycles. The van der Waals surface area contributed by atoms with Crippen molar-refractivity contribution in [1.29, 1.82) is 0 Å². The van der Waals surface area contributed by atoms with Crippen LogP contribution in [0.25, 0.3) is 0 Å². The number of methoxy groups -OCH3 is 1. The lowest BCUT2D eigenvalue weighted by atomic mass is 10.1. The van der Waals surface area contributed by atoms with Gasteiger partial charge in [0.2, 0.25) is 0 Å². The zero-order valence-electron chi connectivity index (χ0n) is 14.3. The average Bonchev–Trinajstić information content (AvgIpc) is 2.62. The van der Waals surface area contributed by atoms with E-state index in [0.717, 1.165) is 0 Å². The van der Waals surface area contributed by atoms with Crippen LogP contribution in [0.5, 0.6) is 11.5 Å². The molecule has 0 bridgehead atoms. The number of hydrogen-bond acceptors (Lipinski definition) is 6. The van der Waals surface area contributed by atoms with Crippen molar-refractivity contribution in [1.82, 2.24) is 4.90 Å². The van der Waals surface area contributed by atoms with Crippen LogP contribution < -0.4 is 15.2 Å². The highest BCUT2D eigenvalue weighted by Gasteiger charge is 2.24. The standard InChI is InChI=1S/C17H26N2O5/c1-19(11-13-12-22-9-10-23-13)17(20)14-5-3-6-15(21-2)16(14)24-8-4-7-18/h3,5-6,13H,4,7-12,18H2,1-2H3/t13-/m0/s1. The fourth-order valence-electron chi connectivity index (χ4n) is 2.49. The number of ether oxygens (including phenoxy) is 4. The minimum Gasteiger partial charge on any atom is -0.493 e. The number of rotatable bonds is 8. The first kappa shape index (κ1) is 18.5. The van der Waals surface area contributed by atoms with Crippen molar-refractivity contribution in [3.05, 3.63) is 23.8 Å². The van der Waals surface area contributed by atoms with Gasteiger partial charge in [0.15, 0.2) is 11.5 Å². The first-order valence-corrected chi connectivity index (χ1v) is 8.12. The first-order valence-electron chi connectivity index (χ1n) is 8.12. The van der Waals surface area contributed by atoms with Gasteiger partial charge in [0, 0.05) is 13.6 Å². The summed E-state index contributed by atoms with van der Waals surface area (Å²) in [5, 5.41) is 0. The second-order valence-electron chi connectivity index (χ2n) is 5.58. The summed E-state index contributed by atoms with van der Waals surface area (Å²) in [7, 11) is 3.29. The van der Waals surface area contributed by atoms with Crippen molar-refractivity contribution in [2.45, 2.75) is 12.5 Å². The number of amides is 1. The molecule has 0 saturated carbocycles. The minimum absolute atomic E-state index is 0.111. The van der Waals surface area contributed by atoms with E-state index in [9.17, 15) is 4.79 Å². The SMILES string of the molecule is COc1cccc(C(=O)N(C)C[C@H]2COCCO2)c1OCCCN. The molecule has 0 aliphatic carbocycles. The molecule has 1 aliphatic heterocycles. The Kier molecular flexibility index (Phi) is 7.30. The van der Waals surface area contributed by atoms with Crippen molar-refractivity contribution in [2.24, 2.45) is 5.73 Å². The van der Waals surface area contributed by atoms with E-state index in [0.29, 0.717) is 63.0 Å². The van der Waals surface area contributed by atoms with Crippen LogP contribution in [0.4, 0.5) is 0 Å². The maximum Gasteiger partial charge on any atom is 0.257 e. The molecule has 7 heteroatoms. The predicted octanol–water partition coefficient (Wildman–Crippen LogP) is 0.910. The average molecular weight is 338 g/mol. The van der Waals surface area contributed by atoms with Crippen molar-refractivity contribution in [2.75, 3.05) is 53.7 Å². The van der Waals surface area contributed by atoms with Gasteiger partial charge in [-0.1, -0.05) is 6.07 Å². The lowest BCUT2D eigenvalue weighted by Crippen LogP contribution is -2.40. The highest BCUT2D eigenvalue weighted by Crippen LogP contribution is 2.32. The van der Waals surface area contributed by atoms with E-state index in [1.54, 1.807) is 37.3 Å². The molecule has 1 aromatic rings. The normalized spacial score (nSPS) is 17.4. The van der Waals surface area contributed by atoms with Crippen LogP contribution in [0, 0.1) is 0 Å². The van der Waals surface area contributed by atoms with E-state index in [1.807, 2.05) is 0 Å². The Labute approximate surface area is 142 Å². The summed E-state index contributed by atoms with van der Waals surface area (Å²) in [5.74, 6) is 0.834. The van der Waals surface area contributed by atoms with Gasteiger partial charge in [0.25, 0.3) is 5.91 Å². The van der Waals surface area contributed by atoms with E-state index >= 15 is 0 Å². The third kappa shape index (κ3) is 4.83. The Hall–Kier alpha value is -1.83. The lowest BCUT2D eigenvalue weighted by Gasteiger charge is -2.28. The molecular formula is C17H26N2O5. The van der Waals surface area contributed by atoms with Crippen LogP contribution >= 0.6 is 0 Å². The molecule has 2 N–H and O–H groups in total. The predicted molar refractivity (Wildman–Crippen MR) is 89.7 cm³/mol. The maximum absolute atomic E-state index is 12.8. The van der Waals surface area contributed by atoms with Gasteiger partial charge in [-0.15, -0.1) is 0 Å². The van der Waals surface area contributed by atoms with Crippen LogP contribution in [0.2, 0.25) is 0 Å². The zero-order valence-corrected chi connectivity index (χ0v) is 14.3. The molecule has 0 spiro atoms. The topological polar surface area (TPSA) is 83.2 Å². The van der Waals surface area contributed by atoms with Crippen molar-refractivity contribution in [3.63, 3.8) is 0 Å². The van der Waals surface area contributed by atoms with Crippen LogP contribution in [-0.2, 0) is 9.47 Å². The Bertz CT molecular complexity index is 532. The number of hydrogen-bond donors (Lipinski definition) is 1. The summed E-state index contributed by atoms with van der Waals surface area (Å²) >= 11 is 0. The van der Waals surface area contributed by atoms with Gasteiger partial charge >= 0.3 is 0 Å². The molecular weight excluding hydrogens is 312 g/mol. The fraction of sp³-hybridized carbons (Fsp3) is 0.588. The molecule has 1 aliphatic rings. The summed E-state index contributed by atoms with van der Waals surface area (Å²) in [6.07, 6.45) is 0.592. The molecule has 0 radical (unpaired) electrons. The Balaban J connectivity index is 2.11. The monoisotopic (exact) mass is 338 g/mol. The van der Waals surface area contributed by atoms with Crippen LogP contribution in [0.1, 0.15) is 16.8 Å². The largest absolute Gasteiger partial charge is 0.493 e. The highest BCUT2D eigenvalue weighted by molar-refractivity contribution is 5.97. The quantitative estimate of drug-likeness (QED) is 0.710. The van der Waals surface area contributed by atoms with E-state index < -0.39 is 0 Å². The van der Waals surface area contributed by atoms with Crippen LogP contribution in [-0.4, -0.2) is 70.6 Å². The number of nitrogens with zero attached hydrogens (tertiary/aromatic N) is 1. The van der Waals surface area contributed by atoms with Gasteiger partial charge in [-0.05, 0) is 25.1 Å². The van der Waals surface area contributed by atoms with Crippen molar-refractivity contribution < 1.29 is 23.7 Å². The maximum atomic E-state index is 12.8. The molecule has 134 valence electrons. The van der Waals surface area contributed by atoms with Gasteiger partial charge in [-0.2, -0.15) is 0 Å². The molecule has 0 unspecified atom stereocenters. The van der Waals surface area contributed by atoms with Crippen molar-refractivity contribution >= 4 is 5.91 Å². The number of likely N-dealkylation sites (N-methyl/N-ethyl adjacent to an activating group) is 1. The Morgan fingerprint density at radius 3 is 2.92 bits per heavy atom. The summed E-state index contributed by atoms with van der Waals surface area (Å²) in [6.45, 7) is 3.06. The summed E-state index contributed by atoms with van der Waals surface area (Å²) in [5.41, 5.74) is 5.96. The molecule has 2 rings (SSSR count). The minimum atomic E-state index is -0.147. The molecule has 24 heavy (non-hydrogen) atoms. The van der Waals surface area contributed by atoms with E-state index in [-0.39, 0.29) is 12.0 Å². The first-order chi connectivity index (χ1) is 11.7. The number of benzene rings is 1. The smallest absolute Gasteiger partial charge is 0.257 e. The van der Waals surface area contributed by atoms with E-state index in [4.69, 9.17) is 24.7 Å². The fourth-order valence-corrected chi connectivity index (χ4v) is 2.49. The molecule has 1 amide bonds. The molecule has 1 heterocycles. The molecule has 0 aromatic heterocycles. The summed E-state index contributed by atoms with van der Waals surface area (Å²) in [6, 6.07) is 5.28. The summed E-state index contributed by atoms with van der Waals surface area (Å²) < 4.78 is 22.1. The lowest BCUT2D eigenvalue weighted by molar-refractivity contribution is -0.0933. The zero-order chi connectivity index (χ0) is 17.4. The molecule has 1 fully saturated rings. The number of carbonyl (C=O) groups is 1. The van der Waals surface area contributed by atoms with E-state index in [1.165, 1.54) is 0 Å². The van der Waals surface area contributed by atoms with Crippen molar-refractivity contribution in [3.8, 4) is 11.5 Å². The van der Waals surface area contributed by atoms with Gasteiger partial charge < -0.3 is 29.6 Å². The van der Waals surface area contributed by atoms with Gasteiger partial charge in [0.05, 0.1) is 45.2 Å². The number of carbonyl (C=O) groups excluding carboxylic acids is 1. The van der Waals surface area contributed by atoms with Crippen LogP contribution in [0.3, 0.4) is 0 Å². The molecule has 1 atom stereocenters. The van der Waals surface area contributed by atoms with Gasteiger partial charge in [-0.3, -0.25) is 4.79 Å². The van der Waals surface area contributed by atoms with E-state index in [2.05, 4.69) is 0 Å². The second-order valence-corrected chi connectivity index (χ2v) is 5.58.